The van der Waals surface area contributed by atoms with Crippen molar-refractivity contribution in [3.8, 4) is 16.9 Å². The van der Waals surface area contributed by atoms with Crippen LogP contribution in [0.1, 0.15) is 28.9 Å². The minimum absolute atomic E-state index is 0.212. The number of ether oxygens (including phenoxy) is 2. The highest BCUT2D eigenvalue weighted by molar-refractivity contribution is 7.21. The second-order valence-electron chi connectivity index (χ2n) is 8.66. The van der Waals surface area contributed by atoms with E-state index < -0.39 is 18.4 Å². The molecule has 4 aromatic heterocycles. The van der Waals surface area contributed by atoms with E-state index in [0.717, 1.165) is 11.3 Å². The average Bonchev–Trinajstić information content (AvgIpc) is 3.29. The molecule has 1 amide bonds. The number of aromatic nitrogens is 5. The van der Waals surface area contributed by atoms with E-state index in [9.17, 15) is 18.0 Å². The molecule has 1 fully saturated rings. The molecule has 1 N–H and O–H groups in total. The normalized spacial score (nSPS) is 14.6. The monoisotopic (exact) mass is 579 g/mol. The van der Waals surface area contributed by atoms with Crippen molar-refractivity contribution in [1.29, 1.82) is 0 Å². The van der Waals surface area contributed by atoms with Gasteiger partial charge in [-0.15, -0.1) is 13.2 Å². The molecule has 0 spiro atoms. The van der Waals surface area contributed by atoms with E-state index in [4.69, 9.17) is 16.3 Å². The number of rotatable bonds is 6. The Morgan fingerprint density at radius 1 is 1.10 bits per heavy atom. The van der Waals surface area contributed by atoms with Gasteiger partial charge in [0.2, 0.25) is 0 Å². The van der Waals surface area contributed by atoms with Gasteiger partial charge in [-0.25, -0.2) is 15.0 Å². The fourth-order valence-corrected chi connectivity index (χ4v) is 5.17. The number of carbonyl (C=O) groups excluding carboxylic acids is 1. The zero-order valence-corrected chi connectivity index (χ0v) is 22.2. The molecule has 0 atom stereocenters. The fraction of sp³-hybridized carbons (Fsp3) is 0.333. The minimum Gasteiger partial charge on any atom is -0.494 e. The second-order valence-corrected chi connectivity index (χ2v) is 10.0. The number of hydrogen-bond donors (Lipinski definition) is 1. The van der Waals surface area contributed by atoms with Crippen molar-refractivity contribution in [1.82, 2.24) is 24.9 Å². The summed E-state index contributed by atoms with van der Waals surface area (Å²) >= 11 is 7.24. The van der Waals surface area contributed by atoms with Crippen LogP contribution in [0.25, 0.3) is 21.6 Å². The van der Waals surface area contributed by atoms with Crippen molar-refractivity contribution in [3.05, 3.63) is 47.1 Å². The number of carbonyl (C=O) groups is 1. The van der Waals surface area contributed by atoms with E-state index in [1.54, 1.807) is 19.1 Å². The van der Waals surface area contributed by atoms with Gasteiger partial charge >= 0.3 is 6.36 Å². The first-order chi connectivity index (χ1) is 18.6. The Hall–Kier alpha value is -3.62. The third kappa shape index (κ3) is 6.18. The van der Waals surface area contributed by atoms with E-state index >= 15 is 0 Å². The van der Waals surface area contributed by atoms with Gasteiger partial charge in [-0.1, -0.05) is 22.9 Å². The number of amides is 1. The highest BCUT2D eigenvalue weighted by Crippen LogP contribution is 2.35. The van der Waals surface area contributed by atoms with E-state index in [0.29, 0.717) is 52.0 Å². The smallest absolute Gasteiger partial charge is 0.494 e. The van der Waals surface area contributed by atoms with Crippen LogP contribution in [-0.4, -0.2) is 63.5 Å². The van der Waals surface area contributed by atoms with Gasteiger partial charge < -0.3 is 9.64 Å². The first-order valence-electron chi connectivity index (χ1n) is 11.7. The van der Waals surface area contributed by atoms with Crippen LogP contribution in [0.4, 0.5) is 24.1 Å². The Kier molecular flexibility index (Phi) is 7.51. The number of nitrogens with one attached hydrogen (secondary N) is 1. The lowest BCUT2D eigenvalue weighted by molar-refractivity contribution is -0.344. The fourth-order valence-electron chi connectivity index (χ4n) is 4.23. The number of nitrogens with zero attached hydrogens (tertiary/aromatic N) is 6. The molecule has 15 heteroatoms. The third-order valence-electron chi connectivity index (χ3n) is 6.03. The summed E-state index contributed by atoms with van der Waals surface area (Å²) in [5.74, 6) is 0.494. The van der Waals surface area contributed by atoms with Gasteiger partial charge in [0.1, 0.15) is 16.7 Å². The molecule has 5 rings (SSSR count). The molecule has 1 aliphatic heterocycles. The molecule has 204 valence electrons. The summed E-state index contributed by atoms with van der Waals surface area (Å²) in [7, 11) is 1.50. The molecule has 1 saturated heterocycles. The lowest BCUT2D eigenvalue weighted by Crippen LogP contribution is -2.39. The molecular formula is C24H21ClF3N7O3S. The van der Waals surface area contributed by atoms with E-state index in [-0.39, 0.29) is 28.7 Å². The van der Waals surface area contributed by atoms with Crippen molar-refractivity contribution < 1.29 is 27.4 Å². The Morgan fingerprint density at radius 2 is 1.87 bits per heavy atom. The van der Waals surface area contributed by atoms with Crippen molar-refractivity contribution >= 4 is 50.3 Å². The number of hydrogen-bond acceptors (Lipinski definition) is 10. The first-order valence-corrected chi connectivity index (χ1v) is 12.9. The number of alkyl halides is 3. The molecule has 0 bridgehead atoms. The quantitative estimate of drug-likeness (QED) is 0.305. The molecule has 1 aliphatic rings. The van der Waals surface area contributed by atoms with Gasteiger partial charge in [0.15, 0.2) is 15.6 Å². The molecule has 0 aromatic carbocycles. The highest BCUT2D eigenvalue weighted by atomic mass is 35.5. The van der Waals surface area contributed by atoms with Crippen molar-refractivity contribution in [3.63, 3.8) is 0 Å². The average molecular weight is 580 g/mol. The Labute approximate surface area is 229 Å². The van der Waals surface area contributed by atoms with Crippen LogP contribution in [0.3, 0.4) is 0 Å². The first kappa shape index (κ1) is 27.0. The maximum atomic E-state index is 13.3. The van der Waals surface area contributed by atoms with Gasteiger partial charge in [-0.3, -0.25) is 19.8 Å². The highest BCUT2D eigenvalue weighted by Gasteiger charge is 2.35. The minimum atomic E-state index is -4.65. The molecule has 10 nitrogen and oxygen atoms in total. The summed E-state index contributed by atoms with van der Waals surface area (Å²) in [5, 5.41) is 3.29. The van der Waals surface area contributed by atoms with Gasteiger partial charge in [0.25, 0.3) is 5.91 Å². The predicted molar refractivity (Wildman–Crippen MR) is 139 cm³/mol. The zero-order chi connectivity index (χ0) is 27.7. The predicted octanol–water partition coefficient (Wildman–Crippen LogP) is 5.27. The van der Waals surface area contributed by atoms with Gasteiger partial charge in [-0.2, -0.15) is 4.98 Å². The van der Waals surface area contributed by atoms with Crippen LogP contribution in [0, 0.1) is 6.92 Å². The Morgan fingerprint density at radius 3 is 2.59 bits per heavy atom. The number of anilines is 2. The van der Waals surface area contributed by atoms with Gasteiger partial charge in [0.05, 0.1) is 31.2 Å². The molecule has 4 aromatic rings. The SMILES string of the molecule is COc1cnc(Cl)cc1-c1cc(C)ncc1C(=O)Nc1nc2ncc(N3CCC(OC(F)(F)F)CC3)nc2s1. The van der Waals surface area contributed by atoms with Crippen molar-refractivity contribution in [2.45, 2.75) is 32.2 Å². The number of halogens is 4. The number of fused-ring (bicyclic) bond motifs is 1. The van der Waals surface area contributed by atoms with Crippen molar-refractivity contribution in [2.24, 2.45) is 0 Å². The maximum absolute atomic E-state index is 13.3. The number of methoxy groups -OCH3 is 1. The molecular weight excluding hydrogens is 559 g/mol. The topological polar surface area (TPSA) is 115 Å². The standard InChI is InChI=1S/C24H21ClF3N7O3S/c1-12-7-14(15-8-18(25)30-10-17(15)37-2)16(9-29-12)21(36)34-23-33-20-22(39-23)32-19(11-31-20)35-5-3-13(4-6-35)38-24(26,27)28/h7-11,13H,3-6H2,1-2H3,(H,31,33,34,36). The van der Waals surface area contributed by atoms with E-state index in [1.165, 1.54) is 25.7 Å². The summed E-state index contributed by atoms with van der Waals surface area (Å²) in [6.45, 7) is 2.48. The summed E-state index contributed by atoms with van der Waals surface area (Å²) in [4.78, 5) is 37.2. The lowest BCUT2D eigenvalue weighted by Gasteiger charge is -2.32. The van der Waals surface area contributed by atoms with Crippen LogP contribution >= 0.6 is 22.9 Å². The summed E-state index contributed by atoms with van der Waals surface area (Å²) < 4.78 is 47.1. The largest absolute Gasteiger partial charge is 0.522 e. The lowest BCUT2D eigenvalue weighted by atomic mass is 10.0. The van der Waals surface area contributed by atoms with Gasteiger partial charge in [0, 0.05) is 36.1 Å². The van der Waals surface area contributed by atoms with E-state index in [2.05, 4.69) is 35.0 Å². The van der Waals surface area contributed by atoms with Crippen molar-refractivity contribution in [2.75, 3.05) is 30.4 Å². The zero-order valence-electron chi connectivity index (χ0n) is 20.6. The van der Waals surface area contributed by atoms with Crippen LogP contribution in [0.5, 0.6) is 5.75 Å². The molecule has 0 aliphatic carbocycles. The molecule has 0 radical (unpaired) electrons. The Balaban J connectivity index is 1.35. The summed E-state index contributed by atoms with van der Waals surface area (Å²) in [5.41, 5.74) is 2.42. The second kappa shape index (κ2) is 10.9. The number of piperidine rings is 1. The summed E-state index contributed by atoms with van der Waals surface area (Å²) in [6, 6.07) is 3.36. The summed E-state index contributed by atoms with van der Waals surface area (Å²) in [6.07, 6.45) is -0.659. The third-order valence-corrected chi connectivity index (χ3v) is 7.09. The van der Waals surface area contributed by atoms with Crippen LogP contribution in [-0.2, 0) is 4.74 Å². The number of pyridine rings is 2. The molecule has 5 heterocycles. The molecule has 0 unspecified atom stereocenters. The molecule has 0 saturated carbocycles. The van der Waals surface area contributed by atoms with E-state index in [1.807, 2.05) is 4.90 Å². The van der Waals surface area contributed by atoms with Crippen LogP contribution < -0.4 is 15.0 Å². The molecule has 39 heavy (non-hydrogen) atoms. The van der Waals surface area contributed by atoms with Gasteiger partial charge in [-0.05, 0) is 31.9 Å². The van der Waals surface area contributed by atoms with Crippen LogP contribution in [0.2, 0.25) is 5.15 Å². The Bertz CT molecular complexity index is 1530. The van der Waals surface area contributed by atoms with Crippen LogP contribution in [0.15, 0.2) is 30.7 Å². The maximum Gasteiger partial charge on any atom is 0.522 e. The number of thiazole rings is 1. The number of aryl methyl sites for hydroxylation is 1.